The summed E-state index contributed by atoms with van der Waals surface area (Å²) in [7, 11) is 0. The second-order valence-electron chi connectivity index (χ2n) is 7.31. The van der Waals surface area contributed by atoms with Crippen molar-refractivity contribution in [2.24, 2.45) is 16.6 Å². The third-order valence-corrected chi connectivity index (χ3v) is 5.36. The van der Waals surface area contributed by atoms with Crippen LogP contribution in [0.5, 0.6) is 0 Å². The van der Waals surface area contributed by atoms with Crippen LogP contribution in [-0.2, 0) is 6.54 Å². The number of aliphatic imine (C=N–C) groups is 1. The summed E-state index contributed by atoms with van der Waals surface area (Å²) in [5.74, 6) is 2.45. The maximum absolute atomic E-state index is 6.17. The molecule has 1 aromatic rings. The van der Waals surface area contributed by atoms with Gasteiger partial charge in [-0.15, -0.1) is 24.0 Å². The van der Waals surface area contributed by atoms with E-state index in [1.54, 1.807) is 0 Å². The topological polar surface area (TPSA) is 61.0 Å². The molecular weight excluding hydrogens is 439 g/mol. The Labute approximate surface area is 174 Å². The molecule has 2 aliphatic heterocycles. The van der Waals surface area contributed by atoms with Gasteiger partial charge in [0.25, 0.3) is 0 Å². The molecule has 0 saturated carbocycles. The molecule has 2 fully saturated rings. The largest absolute Gasteiger partial charge is 0.370 e. The van der Waals surface area contributed by atoms with E-state index in [2.05, 4.69) is 50.7 Å². The summed E-state index contributed by atoms with van der Waals surface area (Å²) in [6.45, 7) is 12.6. The number of halogens is 1. The van der Waals surface area contributed by atoms with E-state index < -0.39 is 0 Å². The molecule has 7 heteroatoms. The van der Waals surface area contributed by atoms with Gasteiger partial charge in [-0.3, -0.25) is 0 Å². The van der Waals surface area contributed by atoms with Gasteiger partial charge in [0.2, 0.25) is 0 Å². The first-order valence-electron chi connectivity index (χ1n) is 9.62. The summed E-state index contributed by atoms with van der Waals surface area (Å²) in [5, 5.41) is 0. The average molecular weight is 472 g/mol. The molecule has 146 valence electrons. The van der Waals surface area contributed by atoms with Crippen LogP contribution in [0.15, 0.2) is 23.3 Å². The lowest BCUT2D eigenvalue weighted by molar-refractivity contribution is 0.270. The van der Waals surface area contributed by atoms with Crippen molar-refractivity contribution in [2.75, 3.05) is 50.7 Å². The Morgan fingerprint density at radius 3 is 2.62 bits per heavy atom. The van der Waals surface area contributed by atoms with Crippen molar-refractivity contribution in [1.82, 2.24) is 14.8 Å². The standard InChI is InChI=1S/C19H32N6.HI/c1-3-23-9-11-24(12-10-23)18-7-6-17(13-21-18)14-22-19(20)25-8-4-5-16(2)15-25;/h6-7,13,16H,3-5,8-12,14-15H2,1-2H3,(H2,20,22);1H. The van der Waals surface area contributed by atoms with Crippen LogP contribution in [-0.4, -0.2) is 66.6 Å². The molecule has 2 saturated heterocycles. The van der Waals surface area contributed by atoms with Crippen LogP contribution >= 0.6 is 24.0 Å². The summed E-state index contributed by atoms with van der Waals surface area (Å²) in [6, 6.07) is 4.25. The number of piperazine rings is 1. The molecule has 6 nitrogen and oxygen atoms in total. The monoisotopic (exact) mass is 472 g/mol. The molecule has 0 radical (unpaired) electrons. The summed E-state index contributed by atoms with van der Waals surface area (Å²) in [6.07, 6.45) is 4.44. The smallest absolute Gasteiger partial charge is 0.191 e. The van der Waals surface area contributed by atoms with Crippen molar-refractivity contribution >= 4 is 35.8 Å². The van der Waals surface area contributed by atoms with Crippen LogP contribution < -0.4 is 10.6 Å². The first-order chi connectivity index (χ1) is 12.2. The van der Waals surface area contributed by atoms with E-state index in [0.717, 1.165) is 57.2 Å². The van der Waals surface area contributed by atoms with Crippen LogP contribution in [0.3, 0.4) is 0 Å². The molecule has 1 aromatic heterocycles. The predicted molar refractivity (Wildman–Crippen MR) is 119 cm³/mol. The van der Waals surface area contributed by atoms with Crippen molar-refractivity contribution in [3.63, 3.8) is 0 Å². The molecule has 2 aliphatic rings. The number of nitrogens with zero attached hydrogens (tertiary/aromatic N) is 5. The number of piperidine rings is 1. The Morgan fingerprint density at radius 1 is 1.23 bits per heavy atom. The Bertz CT molecular complexity index is 568. The highest BCUT2D eigenvalue weighted by Crippen LogP contribution is 2.16. The third kappa shape index (κ3) is 5.70. The molecule has 2 N–H and O–H groups in total. The molecule has 1 atom stereocenters. The fourth-order valence-corrected chi connectivity index (χ4v) is 3.66. The van der Waals surface area contributed by atoms with Gasteiger partial charge < -0.3 is 20.4 Å². The van der Waals surface area contributed by atoms with Crippen LogP contribution in [0.4, 0.5) is 5.82 Å². The quantitative estimate of drug-likeness (QED) is 0.415. The zero-order valence-electron chi connectivity index (χ0n) is 16.1. The minimum Gasteiger partial charge on any atom is -0.370 e. The lowest BCUT2D eigenvalue weighted by Gasteiger charge is -2.34. The van der Waals surface area contributed by atoms with Gasteiger partial charge in [-0.05, 0) is 36.9 Å². The van der Waals surface area contributed by atoms with Crippen LogP contribution in [0.2, 0.25) is 0 Å². The lowest BCUT2D eigenvalue weighted by Crippen LogP contribution is -2.46. The van der Waals surface area contributed by atoms with Crippen molar-refractivity contribution in [2.45, 2.75) is 33.2 Å². The Kier molecular flexibility index (Phi) is 8.40. The van der Waals surface area contributed by atoms with E-state index in [9.17, 15) is 0 Å². The molecule has 0 spiro atoms. The number of aromatic nitrogens is 1. The van der Waals surface area contributed by atoms with Gasteiger partial charge in [0.05, 0.1) is 6.54 Å². The van der Waals surface area contributed by atoms with Crippen molar-refractivity contribution < 1.29 is 0 Å². The van der Waals surface area contributed by atoms with Gasteiger partial charge >= 0.3 is 0 Å². The van der Waals surface area contributed by atoms with Crippen molar-refractivity contribution in [3.8, 4) is 0 Å². The zero-order valence-corrected chi connectivity index (χ0v) is 18.4. The molecule has 3 heterocycles. The maximum atomic E-state index is 6.17. The van der Waals surface area contributed by atoms with Gasteiger partial charge in [0, 0.05) is 45.5 Å². The van der Waals surface area contributed by atoms with E-state index >= 15 is 0 Å². The Balaban J connectivity index is 0.00000243. The van der Waals surface area contributed by atoms with Crippen LogP contribution in [0.1, 0.15) is 32.3 Å². The van der Waals surface area contributed by atoms with Gasteiger partial charge in [0.1, 0.15) is 5.82 Å². The number of nitrogens with two attached hydrogens (primary N) is 1. The third-order valence-electron chi connectivity index (χ3n) is 5.36. The van der Waals surface area contributed by atoms with E-state index in [-0.39, 0.29) is 24.0 Å². The van der Waals surface area contributed by atoms with Gasteiger partial charge in [-0.25, -0.2) is 9.98 Å². The zero-order chi connectivity index (χ0) is 17.6. The number of hydrogen-bond acceptors (Lipinski definition) is 4. The molecule has 1 unspecified atom stereocenters. The fourth-order valence-electron chi connectivity index (χ4n) is 3.66. The van der Waals surface area contributed by atoms with Crippen LogP contribution in [0.25, 0.3) is 0 Å². The molecule has 0 amide bonds. The highest BCUT2D eigenvalue weighted by molar-refractivity contribution is 14.0. The minimum absolute atomic E-state index is 0. The van der Waals surface area contributed by atoms with E-state index in [0.29, 0.717) is 18.4 Å². The number of likely N-dealkylation sites (N-methyl/N-ethyl adjacent to an activating group) is 1. The molecule has 0 aliphatic carbocycles. The first kappa shape index (κ1) is 21.2. The average Bonchev–Trinajstić information content (AvgIpc) is 2.66. The fraction of sp³-hybridized carbons (Fsp3) is 0.684. The van der Waals surface area contributed by atoms with Crippen LogP contribution in [0, 0.1) is 5.92 Å². The first-order valence-corrected chi connectivity index (χ1v) is 9.62. The lowest BCUT2D eigenvalue weighted by atomic mass is 10.0. The Hall–Kier alpha value is -1.09. The molecule has 26 heavy (non-hydrogen) atoms. The summed E-state index contributed by atoms with van der Waals surface area (Å²) in [5.41, 5.74) is 7.29. The van der Waals surface area contributed by atoms with Gasteiger partial charge in [0.15, 0.2) is 5.96 Å². The second kappa shape index (κ2) is 10.3. The summed E-state index contributed by atoms with van der Waals surface area (Å²) < 4.78 is 0. The van der Waals surface area contributed by atoms with E-state index in [4.69, 9.17) is 5.73 Å². The normalized spacial score (nSPS) is 22.2. The molecule has 0 aromatic carbocycles. The number of guanidine groups is 1. The second-order valence-corrected chi connectivity index (χ2v) is 7.31. The predicted octanol–water partition coefficient (Wildman–Crippen LogP) is 2.39. The highest BCUT2D eigenvalue weighted by atomic mass is 127. The highest BCUT2D eigenvalue weighted by Gasteiger charge is 2.18. The van der Waals surface area contributed by atoms with Crippen molar-refractivity contribution in [1.29, 1.82) is 0 Å². The maximum Gasteiger partial charge on any atom is 0.191 e. The summed E-state index contributed by atoms with van der Waals surface area (Å²) >= 11 is 0. The van der Waals surface area contributed by atoms with Gasteiger partial charge in [-0.2, -0.15) is 0 Å². The Morgan fingerprint density at radius 2 is 2.00 bits per heavy atom. The number of pyridine rings is 1. The SMILES string of the molecule is CCN1CCN(c2ccc(CN=C(N)N3CCCC(C)C3)cn2)CC1.I. The van der Waals surface area contributed by atoms with E-state index in [1.165, 1.54) is 12.8 Å². The number of rotatable bonds is 4. The van der Waals surface area contributed by atoms with Crippen molar-refractivity contribution in [3.05, 3.63) is 23.9 Å². The number of hydrogen-bond donors (Lipinski definition) is 1. The number of anilines is 1. The molecule has 0 bridgehead atoms. The summed E-state index contributed by atoms with van der Waals surface area (Å²) in [4.78, 5) is 16.3. The minimum atomic E-state index is 0. The van der Waals surface area contributed by atoms with Gasteiger partial charge in [-0.1, -0.05) is 19.9 Å². The molecular formula is C19H33IN6. The number of likely N-dealkylation sites (tertiary alicyclic amines) is 1. The molecule has 3 rings (SSSR count). The van der Waals surface area contributed by atoms with E-state index in [1.807, 2.05) is 6.20 Å².